The lowest BCUT2D eigenvalue weighted by Crippen LogP contribution is -2.48. The molecule has 2 unspecified atom stereocenters. The van der Waals surface area contributed by atoms with Gasteiger partial charge in [-0.05, 0) is 51.1 Å². The van der Waals surface area contributed by atoms with Crippen molar-refractivity contribution in [3.8, 4) is 0 Å². The first-order valence-corrected chi connectivity index (χ1v) is 8.36. The largest absolute Gasteiger partial charge is 0.342 e. The zero-order valence-electron chi connectivity index (χ0n) is 13.2. The minimum absolute atomic E-state index is 0.193. The molecule has 0 radical (unpaired) electrons. The Hall–Kier alpha value is -0.610. The van der Waals surface area contributed by atoms with Gasteiger partial charge in [-0.3, -0.25) is 4.79 Å². The molecule has 1 aliphatic carbocycles. The van der Waals surface area contributed by atoms with Crippen LogP contribution in [-0.2, 0) is 4.79 Å². The Labute approximate surface area is 123 Å². The van der Waals surface area contributed by atoms with E-state index >= 15 is 0 Å². The van der Waals surface area contributed by atoms with Gasteiger partial charge in [-0.15, -0.1) is 0 Å². The standard InChI is InChI=1S/C16H31N3O/c1-3-9-19-10-7-14(8-11-19)18(2)16(20)15-6-4-5-13(15)12-17/h13-15H,3-12,17H2,1-2H3. The number of hydrogen-bond acceptors (Lipinski definition) is 3. The Bertz CT molecular complexity index is 313. The zero-order chi connectivity index (χ0) is 14.5. The van der Waals surface area contributed by atoms with E-state index in [1.165, 1.54) is 19.4 Å². The summed E-state index contributed by atoms with van der Waals surface area (Å²) in [5.74, 6) is 0.968. The molecular weight excluding hydrogens is 250 g/mol. The maximum atomic E-state index is 12.7. The third kappa shape index (κ3) is 3.53. The lowest BCUT2D eigenvalue weighted by atomic mass is 9.93. The number of rotatable bonds is 5. The summed E-state index contributed by atoms with van der Waals surface area (Å²) in [6, 6.07) is 0.439. The highest BCUT2D eigenvalue weighted by molar-refractivity contribution is 5.79. The molecule has 0 aromatic rings. The summed E-state index contributed by atoms with van der Waals surface area (Å²) in [5, 5.41) is 0. The van der Waals surface area contributed by atoms with E-state index in [2.05, 4.69) is 11.8 Å². The van der Waals surface area contributed by atoms with Crippen molar-refractivity contribution in [1.29, 1.82) is 0 Å². The summed E-state index contributed by atoms with van der Waals surface area (Å²) in [7, 11) is 2.01. The van der Waals surface area contributed by atoms with E-state index in [4.69, 9.17) is 5.73 Å². The molecule has 0 bridgehead atoms. The SMILES string of the molecule is CCCN1CCC(N(C)C(=O)C2CCCC2CN)CC1. The quantitative estimate of drug-likeness (QED) is 0.834. The van der Waals surface area contributed by atoms with Crippen LogP contribution < -0.4 is 5.73 Å². The van der Waals surface area contributed by atoms with E-state index in [1.807, 2.05) is 11.9 Å². The molecule has 1 saturated heterocycles. The van der Waals surface area contributed by atoms with E-state index in [1.54, 1.807) is 0 Å². The first-order valence-electron chi connectivity index (χ1n) is 8.36. The molecule has 4 heteroatoms. The molecule has 0 aromatic heterocycles. The number of hydrogen-bond donors (Lipinski definition) is 1. The highest BCUT2D eigenvalue weighted by Crippen LogP contribution is 2.33. The van der Waals surface area contributed by atoms with Crippen LogP contribution in [0.3, 0.4) is 0 Å². The molecule has 116 valence electrons. The zero-order valence-corrected chi connectivity index (χ0v) is 13.2. The van der Waals surface area contributed by atoms with Gasteiger partial charge in [0.05, 0.1) is 0 Å². The molecule has 0 spiro atoms. The Morgan fingerprint density at radius 2 is 1.95 bits per heavy atom. The molecule has 2 rings (SSSR count). The highest BCUT2D eigenvalue weighted by Gasteiger charge is 2.36. The summed E-state index contributed by atoms with van der Waals surface area (Å²) < 4.78 is 0. The number of likely N-dealkylation sites (tertiary alicyclic amines) is 1. The molecule has 1 aliphatic heterocycles. The van der Waals surface area contributed by atoms with Gasteiger partial charge in [-0.25, -0.2) is 0 Å². The molecule has 1 heterocycles. The van der Waals surface area contributed by atoms with E-state index < -0.39 is 0 Å². The number of nitrogens with zero attached hydrogens (tertiary/aromatic N) is 2. The van der Waals surface area contributed by atoms with Crippen LogP contribution in [0, 0.1) is 11.8 Å². The van der Waals surface area contributed by atoms with Crippen molar-refractivity contribution >= 4 is 5.91 Å². The third-order valence-electron chi connectivity index (χ3n) is 5.27. The molecular formula is C16H31N3O. The molecule has 1 saturated carbocycles. The molecule has 0 aromatic carbocycles. The van der Waals surface area contributed by atoms with Gasteiger partial charge in [0.25, 0.3) is 0 Å². The van der Waals surface area contributed by atoms with Crippen LogP contribution in [0.15, 0.2) is 0 Å². The van der Waals surface area contributed by atoms with Gasteiger partial charge in [-0.1, -0.05) is 13.3 Å². The van der Waals surface area contributed by atoms with Crippen molar-refractivity contribution in [3.05, 3.63) is 0 Å². The number of piperidine rings is 1. The van der Waals surface area contributed by atoms with Crippen LogP contribution in [0.25, 0.3) is 0 Å². The fourth-order valence-electron chi connectivity index (χ4n) is 3.93. The number of carbonyl (C=O) groups is 1. The first kappa shape index (κ1) is 15.8. The van der Waals surface area contributed by atoms with Gasteiger partial charge in [-0.2, -0.15) is 0 Å². The van der Waals surface area contributed by atoms with Crippen LogP contribution in [0.2, 0.25) is 0 Å². The second-order valence-corrected chi connectivity index (χ2v) is 6.56. The molecule has 2 aliphatic rings. The topological polar surface area (TPSA) is 49.6 Å². The Morgan fingerprint density at radius 1 is 1.25 bits per heavy atom. The summed E-state index contributed by atoms with van der Waals surface area (Å²) in [4.78, 5) is 17.2. The Kier molecular flexibility index (Phi) is 5.85. The second-order valence-electron chi connectivity index (χ2n) is 6.56. The third-order valence-corrected chi connectivity index (χ3v) is 5.27. The average molecular weight is 281 g/mol. The monoisotopic (exact) mass is 281 g/mol. The van der Waals surface area contributed by atoms with Crippen molar-refractivity contribution in [1.82, 2.24) is 9.80 Å². The van der Waals surface area contributed by atoms with Crippen molar-refractivity contribution in [2.45, 2.75) is 51.5 Å². The van der Waals surface area contributed by atoms with Crippen molar-refractivity contribution in [2.75, 3.05) is 33.2 Å². The molecule has 2 fully saturated rings. The van der Waals surface area contributed by atoms with E-state index in [0.717, 1.165) is 38.8 Å². The summed E-state index contributed by atoms with van der Waals surface area (Å²) in [5.41, 5.74) is 5.81. The average Bonchev–Trinajstić information content (AvgIpc) is 2.95. The van der Waals surface area contributed by atoms with Gasteiger partial charge in [0.1, 0.15) is 0 Å². The summed E-state index contributed by atoms with van der Waals surface area (Å²) in [6.45, 7) is 6.37. The van der Waals surface area contributed by atoms with Crippen LogP contribution in [-0.4, -0.2) is 55.0 Å². The van der Waals surface area contributed by atoms with Crippen molar-refractivity contribution in [3.63, 3.8) is 0 Å². The fourth-order valence-corrected chi connectivity index (χ4v) is 3.93. The van der Waals surface area contributed by atoms with Gasteiger partial charge >= 0.3 is 0 Å². The predicted molar refractivity (Wildman–Crippen MR) is 82.4 cm³/mol. The lowest BCUT2D eigenvalue weighted by Gasteiger charge is -2.38. The fraction of sp³-hybridized carbons (Fsp3) is 0.938. The van der Waals surface area contributed by atoms with Crippen LogP contribution in [0.1, 0.15) is 45.4 Å². The lowest BCUT2D eigenvalue weighted by molar-refractivity contribution is -0.138. The first-order chi connectivity index (χ1) is 9.67. The van der Waals surface area contributed by atoms with E-state index in [0.29, 0.717) is 24.4 Å². The Morgan fingerprint density at radius 3 is 2.55 bits per heavy atom. The van der Waals surface area contributed by atoms with Crippen molar-refractivity contribution < 1.29 is 4.79 Å². The van der Waals surface area contributed by atoms with Crippen molar-refractivity contribution in [2.24, 2.45) is 17.6 Å². The van der Waals surface area contributed by atoms with Crippen LogP contribution >= 0.6 is 0 Å². The summed E-state index contributed by atoms with van der Waals surface area (Å²) >= 11 is 0. The molecule has 20 heavy (non-hydrogen) atoms. The smallest absolute Gasteiger partial charge is 0.226 e. The minimum Gasteiger partial charge on any atom is -0.342 e. The van der Waals surface area contributed by atoms with Gasteiger partial charge in [0, 0.05) is 32.1 Å². The predicted octanol–water partition coefficient (Wildman–Crippen LogP) is 1.69. The Balaban J connectivity index is 1.85. The molecule has 2 N–H and O–H groups in total. The summed E-state index contributed by atoms with van der Waals surface area (Å²) in [6.07, 6.45) is 6.82. The normalized spacial score (nSPS) is 28.8. The van der Waals surface area contributed by atoms with Gasteiger partial charge < -0.3 is 15.5 Å². The maximum absolute atomic E-state index is 12.7. The molecule has 4 nitrogen and oxygen atoms in total. The second kappa shape index (κ2) is 7.41. The number of carbonyl (C=O) groups excluding carboxylic acids is 1. The van der Waals surface area contributed by atoms with E-state index in [9.17, 15) is 4.79 Å². The number of amides is 1. The van der Waals surface area contributed by atoms with Crippen LogP contribution in [0.5, 0.6) is 0 Å². The number of nitrogens with two attached hydrogens (primary N) is 1. The molecule has 1 amide bonds. The van der Waals surface area contributed by atoms with Gasteiger partial charge in [0.15, 0.2) is 0 Å². The van der Waals surface area contributed by atoms with Crippen LogP contribution in [0.4, 0.5) is 0 Å². The minimum atomic E-state index is 0.193. The van der Waals surface area contributed by atoms with E-state index in [-0.39, 0.29) is 5.92 Å². The van der Waals surface area contributed by atoms with Gasteiger partial charge in [0.2, 0.25) is 5.91 Å². The maximum Gasteiger partial charge on any atom is 0.226 e. The highest BCUT2D eigenvalue weighted by atomic mass is 16.2. The molecule has 2 atom stereocenters.